The van der Waals surface area contributed by atoms with E-state index in [9.17, 15) is 9.59 Å². The van der Waals surface area contributed by atoms with Crippen LogP contribution in [-0.2, 0) is 14.3 Å². The van der Waals surface area contributed by atoms with Gasteiger partial charge in [0.2, 0.25) is 5.95 Å². The fourth-order valence-corrected chi connectivity index (χ4v) is 3.29. The third-order valence-electron chi connectivity index (χ3n) is 4.72. The van der Waals surface area contributed by atoms with Crippen LogP contribution in [0.3, 0.4) is 0 Å². The highest BCUT2D eigenvalue weighted by Crippen LogP contribution is 2.22. The molecule has 130 valence electrons. The standard InChI is InChI=1S/C17H24N4O3/c1-13(15(22)20-9-2-3-10-20)24-16(23)14-5-11-21(12-6-14)17-18-7-4-8-19-17/h4,7-8,13-14H,2-3,5-6,9-12H2,1H3. The lowest BCUT2D eigenvalue weighted by molar-refractivity contribution is -0.162. The molecule has 0 saturated carbocycles. The van der Waals surface area contributed by atoms with Gasteiger partial charge in [0.15, 0.2) is 6.10 Å². The van der Waals surface area contributed by atoms with Crippen molar-refractivity contribution < 1.29 is 14.3 Å². The van der Waals surface area contributed by atoms with Gasteiger partial charge in [0.25, 0.3) is 5.91 Å². The Morgan fingerprint density at radius 1 is 1.12 bits per heavy atom. The summed E-state index contributed by atoms with van der Waals surface area (Å²) >= 11 is 0. The maximum atomic E-state index is 12.3. The molecule has 1 atom stereocenters. The number of amides is 1. The Balaban J connectivity index is 1.47. The monoisotopic (exact) mass is 332 g/mol. The Kier molecular flexibility index (Phi) is 5.27. The molecule has 2 saturated heterocycles. The summed E-state index contributed by atoms with van der Waals surface area (Å²) in [4.78, 5) is 36.9. The summed E-state index contributed by atoms with van der Waals surface area (Å²) in [5, 5.41) is 0. The van der Waals surface area contributed by atoms with Gasteiger partial charge in [0.1, 0.15) is 0 Å². The van der Waals surface area contributed by atoms with Crippen molar-refractivity contribution in [2.45, 2.75) is 38.7 Å². The molecule has 0 spiro atoms. The van der Waals surface area contributed by atoms with Crippen LogP contribution >= 0.6 is 0 Å². The van der Waals surface area contributed by atoms with E-state index in [4.69, 9.17) is 4.74 Å². The number of nitrogens with zero attached hydrogens (tertiary/aromatic N) is 4. The number of hydrogen-bond donors (Lipinski definition) is 0. The van der Waals surface area contributed by atoms with E-state index in [1.165, 1.54) is 0 Å². The van der Waals surface area contributed by atoms with Crippen LogP contribution in [0.1, 0.15) is 32.6 Å². The molecule has 0 aromatic carbocycles. The van der Waals surface area contributed by atoms with E-state index in [2.05, 4.69) is 14.9 Å². The number of esters is 1. The van der Waals surface area contributed by atoms with E-state index in [1.807, 2.05) is 0 Å². The van der Waals surface area contributed by atoms with Gasteiger partial charge in [-0.1, -0.05) is 0 Å². The van der Waals surface area contributed by atoms with Crippen molar-refractivity contribution in [3.63, 3.8) is 0 Å². The molecule has 3 rings (SSSR count). The van der Waals surface area contributed by atoms with Crippen LogP contribution in [0.25, 0.3) is 0 Å². The maximum absolute atomic E-state index is 12.3. The van der Waals surface area contributed by atoms with Crippen molar-refractivity contribution >= 4 is 17.8 Å². The molecule has 1 amide bonds. The molecular weight excluding hydrogens is 308 g/mol. The van der Waals surface area contributed by atoms with Crippen LogP contribution < -0.4 is 4.90 Å². The molecule has 2 aliphatic rings. The van der Waals surface area contributed by atoms with Crippen LogP contribution in [0.5, 0.6) is 0 Å². The van der Waals surface area contributed by atoms with Gasteiger partial charge in [-0.15, -0.1) is 0 Å². The van der Waals surface area contributed by atoms with Gasteiger partial charge in [-0.25, -0.2) is 9.97 Å². The molecule has 0 radical (unpaired) electrons. The number of aromatic nitrogens is 2. The second-order valence-corrected chi connectivity index (χ2v) is 6.42. The molecule has 2 fully saturated rings. The third-order valence-corrected chi connectivity index (χ3v) is 4.72. The number of likely N-dealkylation sites (tertiary alicyclic amines) is 1. The van der Waals surface area contributed by atoms with Crippen molar-refractivity contribution in [2.75, 3.05) is 31.1 Å². The highest BCUT2D eigenvalue weighted by Gasteiger charge is 2.31. The van der Waals surface area contributed by atoms with Crippen LogP contribution in [0.15, 0.2) is 18.5 Å². The van der Waals surface area contributed by atoms with Crippen molar-refractivity contribution in [3.8, 4) is 0 Å². The van der Waals surface area contributed by atoms with Gasteiger partial charge in [0, 0.05) is 38.6 Å². The number of ether oxygens (including phenoxy) is 1. The fraction of sp³-hybridized carbons (Fsp3) is 0.647. The first-order valence-electron chi connectivity index (χ1n) is 8.66. The van der Waals surface area contributed by atoms with Gasteiger partial charge in [-0.3, -0.25) is 9.59 Å². The molecule has 1 aromatic rings. The van der Waals surface area contributed by atoms with Gasteiger partial charge in [0.05, 0.1) is 5.92 Å². The predicted octanol–water partition coefficient (Wildman–Crippen LogP) is 1.25. The molecule has 0 N–H and O–H groups in total. The highest BCUT2D eigenvalue weighted by atomic mass is 16.5. The Bertz CT molecular complexity index is 566. The molecule has 3 heterocycles. The zero-order chi connectivity index (χ0) is 16.9. The average molecular weight is 332 g/mol. The minimum atomic E-state index is -0.689. The number of carbonyl (C=O) groups is 2. The first-order chi connectivity index (χ1) is 11.6. The van der Waals surface area contributed by atoms with Gasteiger partial charge < -0.3 is 14.5 Å². The van der Waals surface area contributed by atoms with E-state index in [1.54, 1.807) is 30.3 Å². The molecule has 0 bridgehead atoms. The van der Waals surface area contributed by atoms with Crippen LogP contribution in [0.2, 0.25) is 0 Å². The number of carbonyl (C=O) groups excluding carboxylic acids is 2. The normalized spacial score (nSPS) is 20.0. The second-order valence-electron chi connectivity index (χ2n) is 6.42. The van der Waals surface area contributed by atoms with Crippen molar-refractivity contribution in [1.29, 1.82) is 0 Å². The summed E-state index contributed by atoms with van der Waals surface area (Å²) < 4.78 is 5.43. The topological polar surface area (TPSA) is 75.6 Å². The van der Waals surface area contributed by atoms with Crippen LogP contribution in [0.4, 0.5) is 5.95 Å². The van der Waals surface area contributed by atoms with Gasteiger partial charge >= 0.3 is 5.97 Å². The summed E-state index contributed by atoms with van der Waals surface area (Å²) in [6, 6.07) is 1.78. The van der Waals surface area contributed by atoms with E-state index in [0.717, 1.165) is 39.0 Å². The summed E-state index contributed by atoms with van der Waals surface area (Å²) in [6.45, 7) is 4.66. The molecular formula is C17H24N4O3. The van der Waals surface area contributed by atoms with Crippen molar-refractivity contribution in [2.24, 2.45) is 5.92 Å². The number of rotatable bonds is 4. The minimum Gasteiger partial charge on any atom is -0.452 e. The first-order valence-corrected chi connectivity index (χ1v) is 8.66. The number of piperidine rings is 1. The maximum Gasteiger partial charge on any atom is 0.309 e. The van der Waals surface area contributed by atoms with Crippen LogP contribution in [-0.4, -0.2) is 59.0 Å². The molecule has 1 unspecified atom stereocenters. The summed E-state index contributed by atoms with van der Waals surface area (Å²) in [5.41, 5.74) is 0. The van der Waals surface area contributed by atoms with Crippen LogP contribution in [0, 0.1) is 5.92 Å². The largest absolute Gasteiger partial charge is 0.452 e. The lowest BCUT2D eigenvalue weighted by atomic mass is 9.97. The fourth-order valence-electron chi connectivity index (χ4n) is 3.29. The lowest BCUT2D eigenvalue weighted by Gasteiger charge is -2.31. The molecule has 24 heavy (non-hydrogen) atoms. The van der Waals surface area contributed by atoms with Gasteiger partial charge in [-0.2, -0.15) is 0 Å². The minimum absolute atomic E-state index is 0.0732. The Labute approximate surface area is 142 Å². The Morgan fingerprint density at radius 2 is 1.75 bits per heavy atom. The Hall–Kier alpha value is -2.18. The van der Waals surface area contributed by atoms with E-state index in [0.29, 0.717) is 18.8 Å². The molecule has 2 aliphatic heterocycles. The molecule has 7 nitrogen and oxygen atoms in total. The average Bonchev–Trinajstić information content (AvgIpc) is 3.16. The lowest BCUT2D eigenvalue weighted by Crippen LogP contribution is -2.41. The zero-order valence-corrected chi connectivity index (χ0v) is 14.1. The smallest absolute Gasteiger partial charge is 0.309 e. The number of anilines is 1. The SMILES string of the molecule is CC(OC(=O)C1CCN(c2ncccn2)CC1)C(=O)N1CCCC1. The quantitative estimate of drug-likeness (QED) is 0.773. The first kappa shape index (κ1) is 16.7. The zero-order valence-electron chi connectivity index (χ0n) is 14.1. The Morgan fingerprint density at radius 3 is 2.38 bits per heavy atom. The molecule has 0 aliphatic carbocycles. The van der Waals surface area contributed by atoms with Crippen molar-refractivity contribution in [3.05, 3.63) is 18.5 Å². The van der Waals surface area contributed by atoms with E-state index in [-0.39, 0.29) is 17.8 Å². The highest BCUT2D eigenvalue weighted by molar-refractivity contribution is 5.84. The summed E-state index contributed by atoms with van der Waals surface area (Å²) in [7, 11) is 0. The van der Waals surface area contributed by atoms with Gasteiger partial charge in [-0.05, 0) is 38.7 Å². The van der Waals surface area contributed by atoms with Crippen molar-refractivity contribution in [1.82, 2.24) is 14.9 Å². The predicted molar refractivity (Wildman–Crippen MR) is 88.3 cm³/mol. The summed E-state index contributed by atoms with van der Waals surface area (Å²) in [6.07, 6.45) is 6.20. The molecule has 7 heteroatoms. The van der Waals surface area contributed by atoms with E-state index >= 15 is 0 Å². The summed E-state index contributed by atoms with van der Waals surface area (Å²) in [5.74, 6) is 0.209. The third kappa shape index (κ3) is 3.83. The van der Waals surface area contributed by atoms with E-state index < -0.39 is 6.10 Å². The number of hydrogen-bond acceptors (Lipinski definition) is 6. The second kappa shape index (κ2) is 7.59. The molecule has 1 aromatic heterocycles.